The van der Waals surface area contributed by atoms with Crippen molar-refractivity contribution in [2.24, 2.45) is 0 Å². The summed E-state index contributed by atoms with van der Waals surface area (Å²) in [5.41, 5.74) is 1.35. The maximum absolute atomic E-state index is 3.42. The van der Waals surface area contributed by atoms with Crippen LogP contribution in [0.3, 0.4) is 0 Å². The van der Waals surface area contributed by atoms with Crippen molar-refractivity contribution in [1.82, 2.24) is 0 Å². The fraction of sp³-hybridized carbons (Fsp3) is 0.400. The van der Waals surface area contributed by atoms with E-state index in [4.69, 9.17) is 0 Å². The van der Waals surface area contributed by atoms with Gasteiger partial charge in [0.15, 0.2) is 0 Å². The van der Waals surface area contributed by atoms with Gasteiger partial charge in [0.2, 0.25) is 0 Å². The third kappa shape index (κ3) is 3.63. The van der Waals surface area contributed by atoms with Gasteiger partial charge < -0.3 is 0 Å². The molecule has 1 aromatic carbocycles. The van der Waals surface area contributed by atoms with Crippen LogP contribution in [0.1, 0.15) is 12.0 Å². The smallest absolute Gasteiger partial charge is 0.00745 e. The van der Waals surface area contributed by atoms with Crippen molar-refractivity contribution >= 4 is 27.7 Å². The summed E-state index contributed by atoms with van der Waals surface area (Å²) in [6.07, 6.45) is 1.23. The van der Waals surface area contributed by atoms with Crippen LogP contribution in [-0.2, 0) is 0 Å². The van der Waals surface area contributed by atoms with Crippen molar-refractivity contribution in [2.75, 3.05) is 11.1 Å². The number of hydrogen-bond donors (Lipinski definition) is 0. The average Bonchev–Trinajstić information content (AvgIpc) is 2.05. The highest BCUT2D eigenvalue weighted by molar-refractivity contribution is 9.09. The van der Waals surface area contributed by atoms with E-state index in [2.05, 4.69) is 47.1 Å². The summed E-state index contributed by atoms with van der Waals surface area (Å²) in [5.74, 6) is 1.20. The molecule has 2 heteroatoms. The molecule has 0 aliphatic rings. The first-order valence-corrected chi connectivity index (χ1v) is 6.19. The Morgan fingerprint density at radius 3 is 2.92 bits per heavy atom. The van der Waals surface area contributed by atoms with E-state index in [0.29, 0.717) is 0 Å². The first-order valence-electron chi connectivity index (χ1n) is 4.08. The van der Waals surface area contributed by atoms with Gasteiger partial charge in [0.1, 0.15) is 0 Å². The fourth-order valence-corrected chi connectivity index (χ4v) is 2.57. The van der Waals surface area contributed by atoms with Gasteiger partial charge in [-0.3, -0.25) is 0 Å². The Hall–Kier alpha value is 0.0500. The summed E-state index contributed by atoms with van der Waals surface area (Å²) in [6.45, 7) is 2.13. The van der Waals surface area contributed by atoms with Crippen LogP contribution in [0.2, 0.25) is 0 Å². The predicted molar refractivity (Wildman–Crippen MR) is 60.3 cm³/mol. The van der Waals surface area contributed by atoms with Crippen LogP contribution in [0.5, 0.6) is 0 Å². The lowest BCUT2D eigenvalue weighted by Crippen LogP contribution is -1.80. The standard InChI is InChI=1S/C10H13BrS/c1-9-4-2-5-10(8-9)12-7-3-6-11/h2,4-5,8H,3,6-7H2,1H3. The first kappa shape index (κ1) is 10.1. The van der Waals surface area contributed by atoms with E-state index in [1.54, 1.807) is 0 Å². The molecule has 0 heterocycles. The van der Waals surface area contributed by atoms with Gasteiger partial charge >= 0.3 is 0 Å². The zero-order valence-electron chi connectivity index (χ0n) is 7.22. The summed E-state index contributed by atoms with van der Waals surface area (Å²) in [4.78, 5) is 1.39. The highest BCUT2D eigenvalue weighted by Gasteiger charge is 1.92. The highest BCUT2D eigenvalue weighted by Crippen LogP contribution is 2.19. The van der Waals surface area contributed by atoms with Gasteiger partial charge in [-0.2, -0.15) is 0 Å². The van der Waals surface area contributed by atoms with E-state index in [9.17, 15) is 0 Å². The van der Waals surface area contributed by atoms with Gasteiger partial charge in [0.05, 0.1) is 0 Å². The molecular weight excluding hydrogens is 232 g/mol. The minimum atomic E-state index is 1.10. The number of rotatable bonds is 4. The summed E-state index contributed by atoms with van der Waals surface area (Å²) < 4.78 is 0. The number of thioether (sulfide) groups is 1. The van der Waals surface area contributed by atoms with E-state index < -0.39 is 0 Å². The Labute approximate surface area is 86.9 Å². The van der Waals surface area contributed by atoms with Crippen LogP contribution in [0, 0.1) is 6.92 Å². The Morgan fingerprint density at radius 1 is 1.42 bits per heavy atom. The molecule has 0 saturated carbocycles. The van der Waals surface area contributed by atoms with Crippen LogP contribution in [0.4, 0.5) is 0 Å². The minimum Gasteiger partial charge on any atom is -0.126 e. The van der Waals surface area contributed by atoms with Gasteiger partial charge in [-0.15, -0.1) is 11.8 Å². The second kappa shape index (κ2) is 5.65. The monoisotopic (exact) mass is 244 g/mol. The van der Waals surface area contributed by atoms with Crippen molar-refractivity contribution in [3.63, 3.8) is 0 Å². The first-order chi connectivity index (χ1) is 5.83. The summed E-state index contributed by atoms with van der Waals surface area (Å²) >= 11 is 5.35. The third-order valence-corrected chi connectivity index (χ3v) is 3.18. The van der Waals surface area contributed by atoms with Crippen molar-refractivity contribution < 1.29 is 0 Å². The van der Waals surface area contributed by atoms with Crippen molar-refractivity contribution in [2.45, 2.75) is 18.2 Å². The molecule has 0 fully saturated rings. The molecule has 12 heavy (non-hydrogen) atoms. The Bertz CT molecular complexity index is 235. The zero-order chi connectivity index (χ0) is 8.81. The van der Waals surface area contributed by atoms with Gasteiger partial charge in [0, 0.05) is 10.2 Å². The lowest BCUT2D eigenvalue weighted by molar-refractivity contribution is 1.13. The molecule has 0 aromatic heterocycles. The van der Waals surface area contributed by atoms with Crippen LogP contribution in [0.25, 0.3) is 0 Å². The van der Waals surface area contributed by atoms with Crippen LogP contribution >= 0.6 is 27.7 Å². The Morgan fingerprint density at radius 2 is 2.25 bits per heavy atom. The van der Waals surface area contributed by atoms with Crippen molar-refractivity contribution in [3.05, 3.63) is 29.8 Å². The van der Waals surface area contributed by atoms with E-state index in [1.165, 1.54) is 22.6 Å². The molecule has 0 atom stereocenters. The summed E-state index contributed by atoms with van der Waals surface area (Å²) in [5, 5.41) is 1.10. The van der Waals surface area contributed by atoms with Crippen molar-refractivity contribution in [1.29, 1.82) is 0 Å². The number of halogens is 1. The highest BCUT2D eigenvalue weighted by atomic mass is 79.9. The van der Waals surface area contributed by atoms with Crippen LogP contribution < -0.4 is 0 Å². The minimum absolute atomic E-state index is 1.10. The van der Waals surface area contributed by atoms with E-state index >= 15 is 0 Å². The maximum atomic E-state index is 3.42. The quantitative estimate of drug-likeness (QED) is 0.441. The molecule has 0 N–H and O–H groups in total. The summed E-state index contributed by atoms with van der Waals surface area (Å²) in [7, 11) is 0. The molecule has 0 spiro atoms. The molecule has 0 nitrogen and oxygen atoms in total. The zero-order valence-corrected chi connectivity index (χ0v) is 9.62. The van der Waals surface area contributed by atoms with E-state index in [-0.39, 0.29) is 0 Å². The third-order valence-electron chi connectivity index (χ3n) is 1.54. The van der Waals surface area contributed by atoms with Gasteiger partial charge in [-0.1, -0.05) is 33.6 Å². The fourth-order valence-electron chi connectivity index (χ4n) is 0.950. The predicted octanol–water partition coefficient (Wildman–Crippen LogP) is 3.87. The van der Waals surface area contributed by atoms with E-state index in [1.807, 2.05) is 11.8 Å². The molecule has 66 valence electrons. The molecule has 1 aromatic rings. The van der Waals surface area contributed by atoms with E-state index in [0.717, 1.165) is 5.33 Å². The SMILES string of the molecule is Cc1cccc(SCCCBr)c1. The largest absolute Gasteiger partial charge is 0.126 e. The number of benzene rings is 1. The lowest BCUT2D eigenvalue weighted by atomic mass is 10.2. The molecule has 0 radical (unpaired) electrons. The van der Waals surface area contributed by atoms with Gasteiger partial charge in [-0.25, -0.2) is 0 Å². The molecule has 0 aliphatic heterocycles. The molecule has 0 amide bonds. The molecule has 0 unspecified atom stereocenters. The molecule has 1 rings (SSSR count). The van der Waals surface area contributed by atoms with Crippen LogP contribution in [0.15, 0.2) is 29.2 Å². The number of aryl methyl sites for hydroxylation is 1. The number of hydrogen-bond acceptors (Lipinski definition) is 1. The molecule has 0 bridgehead atoms. The van der Waals surface area contributed by atoms with Gasteiger partial charge in [-0.05, 0) is 31.2 Å². The maximum Gasteiger partial charge on any atom is 0.00745 e. The average molecular weight is 245 g/mol. The molecule has 0 saturated heterocycles. The molecular formula is C10H13BrS. The number of alkyl halides is 1. The second-order valence-electron chi connectivity index (χ2n) is 2.71. The second-order valence-corrected chi connectivity index (χ2v) is 4.67. The lowest BCUT2D eigenvalue weighted by Gasteiger charge is -2.00. The normalized spacial score (nSPS) is 10.2. The topological polar surface area (TPSA) is 0 Å². The van der Waals surface area contributed by atoms with Crippen LogP contribution in [-0.4, -0.2) is 11.1 Å². The Kier molecular flexibility index (Phi) is 4.77. The van der Waals surface area contributed by atoms with Crippen molar-refractivity contribution in [3.8, 4) is 0 Å². The Balaban J connectivity index is 2.41. The molecule has 0 aliphatic carbocycles. The summed E-state index contributed by atoms with van der Waals surface area (Å²) in [6, 6.07) is 8.66. The van der Waals surface area contributed by atoms with Gasteiger partial charge in [0.25, 0.3) is 0 Å².